The van der Waals surface area contributed by atoms with Crippen molar-refractivity contribution in [2.75, 3.05) is 14.1 Å². The zero-order valence-corrected chi connectivity index (χ0v) is 11.6. The lowest BCUT2D eigenvalue weighted by Gasteiger charge is -2.05. The Morgan fingerprint density at radius 1 is 1.06 bits per heavy atom. The van der Waals surface area contributed by atoms with Crippen molar-refractivity contribution in [1.82, 2.24) is 13.4 Å². The molecule has 0 atom stereocenters. The molecule has 0 bridgehead atoms. The Morgan fingerprint density at radius 3 is 1.89 bits per heavy atom. The molecular weight excluding hydrogens is 252 g/mol. The van der Waals surface area contributed by atoms with Crippen molar-refractivity contribution in [2.45, 2.75) is 0 Å². The summed E-state index contributed by atoms with van der Waals surface area (Å²) in [5, 5.41) is 0. The van der Waals surface area contributed by atoms with Gasteiger partial charge in [-0.1, -0.05) is 12.1 Å². The van der Waals surface area contributed by atoms with Crippen LogP contribution in [-0.2, 0) is 24.3 Å². The van der Waals surface area contributed by atoms with E-state index >= 15 is 0 Å². The highest BCUT2D eigenvalue weighted by Gasteiger charge is 2.13. The summed E-state index contributed by atoms with van der Waals surface area (Å²) in [6.07, 6.45) is 0. The Balaban J connectivity index is 2.85. The molecule has 0 N–H and O–H groups in total. The average Bonchev–Trinajstić information content (AvgIpc) is 2.55. The number of fused-ring (bicyclic) bond motifs is 1. The van der Waals surface area contributed by atoms with E-state index in [0.717, 1.165) is 15.3 Å². The van der Waals surface area contributed by atoms with Crippen LogP contribution in [0.1, 0.15) is 0 Å². The average molecular weight is 268 g/mol. The molecule has 0 aliphatic heterocycles. The largest absolute Gasteiger partial charge is 0.325 e. The number of hydrogen-bond acceptors (Lipinski definition) is 2. The van der Waals surface area contributed by atoms with Gasteiger partial charge in [-0.25, -0.2) is 0 Å². The van der Waals surface area contributed by atoms with Gasteiger partial charge in [0.1, 0.15) is 0 Å². The van der Waals surface area contributed by atoms with Crippen LogP contribution < -0.4 is 5.62 Å². The number of nitrogens with zero attached hydrogens (tertiary/aromatic N) is 4. The molecule has 1 aromatic carbocycles. The predicted octanol–water partition coefficient (Wildman–Crippen LogP) is 0.224. The Labute approximate surface area is 106 Å². The minimum absolute atomic E-state index is 0.393. The third kappa shape index (κ3) is 1.95. The molecule has 6 nitrogen and oxygen atoms in total. The molecule has 0 spiro atoms. The first kappa shape index (κ1) is 12.8. The summed E-state index contributed by atoms with van der Waals surface area (Å²) in [7, 11) is 2.89. The standard InChI is InChI=1S/C11H16N4O2S/c1-13(2)18(16,17)12-11-14(3)9-7-5-6-8-10(9)15(11)4/h5-8H,1-4H3. The molecule has 0 radical (unpaired) electrons. The fourth-order valence-electron chi connectivity index (χ4n) is 1.78. The summed E-state index contributed by atoms with van der Waals surface area (Å²) in [6.45, 7) is 0. The molecular formula is C11H16N4O2S. The second-order valence-electron chi connectivity index (χ2n) is 4.26. The van der Waals surface area contributed by atoms with Crippen molar-refractivity contribution in [3.63, 3.8) is 0 Å². The number of imidazole rings is 1. The van der Waals surface area contributed by atoms with Gasteiger partial charge < -0.3 is 9.13 Å². The highest BCUT2D eigenvalue weighted by Crippen LogP contribution is 2.10. The van der Waals surface area contributed by atoms with Gasteiger partial charge >= 0.3 is 10.2 Å². The molecule has 0 fully saturated rings. The maximum Gasteiger partial charge on any atom is 0.325 e. The molecule has 0 unspecified atom stereocenters. The van der Waals surface area contributed by atoms with Crippen molar-refractivity contribution >= 4 is 21.2 Å². The van der Waals surface area contributed by atoms with E-state index in [4.69, 9.17) is 0 Å². The Bertz CT molecular complexity index is 711. The van der Waals surface area contributed by atoms with Gasteiger partial charge in [0.2, 0.25) is 5.62 Å². The summed E-state index contributed by atoms with van der Waals surface area (Å²) in [6, 6.07) is 7.67. The van der Waals surface area contributed by atoms with Crippen LogP contribution in [0, 0.1) is 0 Å². The van der Waals surface area contributed by atoms with Crippen LogP contribution in [0.25, 0.3) is 11.0 Å². The number of rotatable bonds is 2. The summed E-state index contributed by atoms with van der Waals surface area (Å²) >= 11 is 0. The minimum atomic E-state index is -3.63. The third-order valence-corrected chi connectivity index (χ3v) is 4.18. The highest BCUT2D eigenvalue weighted by molar-refractivity contribution is 7.87. The van der Waals surface area contributed by atoms with Crippen LogP contribution in [0.15, 0.2) is 28.7 Å². The number of benzene rings is 1. The summed E-state index contributed by atoms with van der Waals surface area (Å²) in [5.74, 6) is 0. The normalized spacial score (nSPS) is 12.3. The molecule has 98 valence electrons. The predicted molar refractivity (Wildman–Crippen MR) is 70.1 cm³/mol. The van der Waals surface area contributed by atoms with Crippen molar-refractivity contribution < 1.29 is 8.42 Å². The number of para-hydroxylation sites is 2. The topological polar surface area (TPSA) is 59.6 Å². The molecule has 0 amide bonds. The summed E-state index contributed by atoms with van der Waals surface area (Å²) in [4.78, 5) is 0. The molecule has 1 heterocycles. The first-order valence-electron chi connectivity index (χ1n) is 5.43. The maximum absolute atomic E-state index is 11.8. The highest BCUT2D eigenvalue weighted by atomic mass is 32.2. The van der Waals surface area contributed by atoms with Gasteiger partial charge in [-0.3, -0.25) is 0 Å². The van der Waals surface area contributed by atoms with E-state index in [9.17, 15) is 8.42 Å². The van der Waals surface area contributed by atoms with Gasteiger partial charge in [0.25, 0.3) is 0 Å². The van der Waals surface area contributed by atoms with Crippen molar-refractivity contribution in [1.29, 1.82) is 0 Å². The molecule has 2 aromatic rings. The van der Waals surface area contributed by atoms with Gasteiger partial charge in [-0.2, -0.15) is 12.7 Å². The summed E-state index contributed by atoms with van der Waals surface area (Å²) in [5.41, 5.74) is 2.27. The number of hydrogen-bond donors (Lipinski definition) is 0. The maximum atomic E-state index is 11.8. The Kier molecular flexibility index (Phi) is 3.04. The molecule has 7 heteroatoms. The van der Waals surface area contributed by atoms with Crippen LogP contribution in [0.4, 0.5) is 0 Å². The van der Waals surface area contributed by atoms with Gasteiger partial charge in [0, 0.05) is 28.2 Å². The first-order chi connectivity index (χ1) is 8.34. The Hall–Kier alpha value is -1.60. The van der Waals surface area contributed by atoms with Crippen LogP contribution in [0.2, 0.25) is 0 Å². The minimum Gasteiger partial charge on any atom is -0.312 e. The van der Waals surface area contributed by atoms with Gasteiger partial charge in [-0.15, -0.1) is 4.40 Å². The third-order valence-electron chi connectivity index (χ3n) is 2.86. The molecule has 0 saturated heterocycles. The van der Waals surface area contributed by atoms with Gasteiger partial charge in [-0.05, 0) is 12.1 Å². The van der Waals surface area contributed by atoms with E-state index in [-0.39, 0.29) is 0 Å². The zero-order chi connectivity index (χ0) is 13.5. The lowest BCUT2D eigenvalue weighted by atomic mass is 10.3. The zero-order valence-electron chi connectivity index (χ0n) is 10.8. The number of aryl methyl sites for hydroxylation is 2. The van der Waals surface area contributed by atoms with Crippen molar-refractivity contribution in [2.24, 2.45) is 18.5 Å². The SMILES string of the molecule is CN(C)S(=O)(=O)N=c1n(C)c2ccccc2n1C. The van der Waals surface area contributed by atoms with Crippen LogP contribution in [0.5, 0.6) is 0 Å². The molecule has 1 aromatic heterocycles. The first-order valence-corrected chi connectivity index (χ1v) is 6.83. The van der Waals surface area contributed by atoms with Crippen LogP contribution in [-0.4, -0.2) is 36.0 Å². The number of aromatic nitrogens is 2. The van der Waals surface area contributed by atoms with E-state index in [1.165, 1.54) is 14.1 Å². The second kappa shape index (κ2) is 4.25. The van der Waals surface area contributed by atoms with E-state index in [1.54, 1.807) is 23.2 Å². The van der Waals surface area contributed by atoms with Crippen LogP contribution >= 0.6 is 0 Å². The fraction of sp³-hybridized carbons (Fsp3) is 0.364. The van der Waals surface area contributed by atoms with Gasteiger partial charge in [0.05, 0.1) is 11.0 Å². The fourth-order valence-corrected chi connectivity index (χ4v) is 2.39. The molecule has 0 saturated carbocycles. The lowest BCUT2D eigenvalue weighted by molar-refractivity contribution is 0.519. The molecule has 2 rings (SSSR count). The van der Waals surface area contributed by atoms with Crippen molar-refractivity contribution in [3.8, 4) is 0 Å². The second-order valence-corrected chi connectivity index (χ2v) is 6.07. The molecule has 0 aliphatic rings. The summed E-state index contributed by atoms with van der Waals surface area (Å²) < 4.78 is 32.1. The van der Waals surface area contributed by atoms with E-state index in [2.05, 4.69) is 4.40 Å². The smallest absolute Gasteiger partial charge is 0.312 e. The van der Waals surface area contributed by atoms with Crippen LogP contribution in [0.3, 0.4) is 0 Å². The lowest BCUT2D eigenvalue weighted by Crippen LogP contribution is -2.28. The van der Waals surface area contributed by atoms with Gasteiger partial charge in [0.15, 0.2) is 0 Å². The molecule has 0 aliphatic carbocycles. The van der Waals surface area contributed by atoms with E-state index < -0.39 is 10.2 Å². The Morgan fingerprint density at radius 2 is 1.50 bits per heavy atom. The van der Waals surface area contributed by atoms with Crippen molar-refractivity contribution in [3.05, 3.63) is 29.9 Å². The quantitative estimate of drug-likeness (QED) is 0.782. The monoisotopic (exact) mass is 268 g/mol. The van der Waals surface area contributed by atoms with E-state index in [1.807, 2.05) is 24.3 Å². The van der Waals surface area contributed by atoms with E-state index in [0.29, 0.717) is 5.62 Å². The molecule has 18 heavy (non-hydrogen) atoms.